The molecule has 18 heavy (non-hydrogen) atoms. The molecule has 3 unspecified atom stereocenters. The standard InChI is InChI=1S/C11H20N2O5/c1-7-5-13(6-8(2)18-7)11(16)12-4-9(17-3)10(14)15/h7-9H,4-6H2,1-3H3,(H,12,16)(H,14,15). The molecule has 1 saturated heterocycles. The quantitative estimate of drug-likeness (QED) is 0.737. The van der Waals surface area contributed by atoms with Crippen molar-refractivity contribution < 1.29 is 24.2 Å². The van der Waals surface area contributed by atoms with E-state index in [0.29, 0.717) is 13.1 Å². The Morgan fingerprint density at radius 3 is 2.44 bits per heavy atom. The van der Waals surface area contributed by atoms with Crippen LogP contribution in [-0.2, 0) is 14.3 Å². The number of nitrogens with one attached hydrogen (secondary N) is 1. The fourth-order valence-corrected chi connectivity index (χ4v) is 1.91. The molecule has 1 aliphatic rings. The summed E-state index contributed by atoms with van der Waals surface area (Å²) in [5, 5.41) is 11.3. The summed E-state index contributed by atoms with van der Waals surface area (Å²) in [5.41, 5.74) is 0. The van der Waals surface area contributed by atoms with Crippen molar-refractivity contribution in [3.63, 3.8) is 0 Å². The Balaban J connectivity index is 2.42. The summed E-state index contributed by atoms with van der Waals surface area (Å²) in [7, 11) is 1.30. The van der Waals surface area contributed by atoms with Gasteiger partial charge in [-0.15, -0.1) is 0 Å². The van der Waals surface area contributed by atoms with E-state index in [9.17, 15) is 9.59 Å². The van der Waals surface area contributed by atoms with Crippen molar-refractivity contribution in [2.75, 3.05) is 26.7 Å². The smallest absolute Gasteiger partial charge is 0.334 e. The zero-order valence-electron chi connectivity index (χ0n) is 10.9. The van der Waals surface area contributed by atoms with Crippen molar-refractivity contribution in [2.45, 2.75) is 32.2 Å². The van der Waals surface area contributed by atoms with Crippen LogP contribution in [-0.4, -0.2) is 67.1 Å². The second-order valence-electron chi connectivity index (χ2n) is 4.41. The minimum Gasteiger partial charge on any atom is -0.479 e. The number of aliphatic carboxylic acids is 1. The van der Waals surface area contributed by atoms with Gasteiger partial charge in [0.25, 0.3) is 0 Å². The highest BCUT2D eigenvalue weighted by molar-refractivity contribution is 5.77. The van der Waals surface area contributed by atoms with E-state index in [2.05, 4.69) is 5.32 Å². The van der Waals surface area contributed by atoms with Crippen LogP contribution in [0.25, 0.3) is 0 Å². The first-order valence-electron chi connectivity index (χ1n) is 5.87. The van der Waals surface area contributed by atoms with E-state index in [0.717, 1.165) is 0 Å². The van der Waals surface area contributed by atoms with E-state index in [1.807, 2.05) is 13.8 Å². The minimum atomic E-state index is -1.10. The number of urea groups is 1. The van der Waals surface area contributed by atoms with Crippen LogP contribution >= 0.6 is 0 Å². The average molecular weight is 260 g/mol. The molecule has 7 heteroatoms. The van der Waals surface area contributed by atoms with E-state index in [-0.39, 0.29) is 24.8 Å². The van der Waals surface area contributed by atoms with Crippen LogP contribution in [0.3, 0.4) is 0 Å². The number of carboxylic acid groups (broad SMARTS) is 1. The number of nitrogens with zero attached hydrogens (tertiary/aromatic N) is 1. The second kappa shape index (κ2) is 6.55. The molecule has 0 bridgehead atoms. The molecule has 0 aromatic carbocycles. The zero-order chi connectivity index (χ0) is 13.7. The first-order chi connectivity index (χ1) is 8.43. The Bertz CT molecular complexity index is 300. The molecule has 7 nitrogen and oxygen atoms in total. The third-order valence-electron chi connectivity index (χ3n) is 2.71. The number of hydrogen-bond acceptors (Lipinski definition) is 4. The van der Waals surface area contributed by atoms with Gasteiger partial charge in [0.1, 0.15) is 0 Å². The van der Waals surface area contributed by atoms with Crippen LogP contribution in [0.1, 0.15) is 13.8 Å². The summed E-state index contributed by atoms with van der Waals surface area (Å²) in [6.45, 7) is 4.74. The molecule has 0 saturated carbocycles. The second-order valence-corrected chi connectivity index (χ2v) is 4.41. The van der Waals surface area contributed by atoms with Gasteiger partial charge in [-0.05, 0) is 13.8 Å². The normalized spacial score (nSPS) is 25.6. The number of morpholine rings is 1. The summed E-state index contributed by atoms with van der Waals surface area (Å²) in [5.74, 6) is -1.10. The van der Waals surface area contributed by atoms with E-state index < -0.39 is 12.1 Å². The van der Waals surface area contributed by atoms with E-state index >= 15 is 0 Å². The summed E-state index contributed by atoms with van der Waals surface area (Å²) < 4.78 is 10.2. The largest absolute Gasteiger partial charge is 0.479 e. The Morgan fingerprint density at radius 2 is 2.00 bits per heavy atom. The van der Waals surface area contributed by atoms with Crippen molar-refractivity contribution in [1.29, 1.82) is 0 Å². The Morgan fingerprint density at radius 1 is 1.44 bits per heavy atom. The van der Waals surface area contributed by atoms with E-state index in [1.165, 1.54) is 7.11 Å². The van der Waals surface area contributed by atoms with Gasteiger partial charge in [0, 0.05) is 20.2 Å². The number of rotatable bonds is 4. The van der Waals surface area contributed by atoms with Crippen molar-refractivity contribution in [3.05, 3.63) is 0 Å². The lowest BCUT2D eigenvalue weighted by Crippen LogP contribution is -2.53. The molecule has 1 aliphatic heterocycles. The lowest BCUT2D eigenvalue weighted by Gasteiger charge is -2.35. The Labute approximate surface area is 106 Å². The Kier molecular flexibility index (Phi) is 5.36. The molecule has 2 N–H and O–H groups in total. The molecule has 104 valence electrons. The molecule has 0 aromatic rings. The number of amides is 2. The maximum Gasteiger partial charge on any atom is 0.334 e. The van der Waals surface area contributed by atoms with Crippen molar-refractivity contribution >= 4 is 12.0 Å². The number of methoxy groups -OCH3 is 1. The minimum absolute atomic E-state index is 0.0165. The summed E-state index contributed by atoms with van der Waals surface area (Å²) in [6.07, 6.45) is -1.06. The van der Waals surface area contributed by atoms with Crippen LogP contribution in [0.15, 0.2) is 0 Å². The third-order valence-corrected chi connectivity index (χ3v) is 2.71. The molecule has 0 aromatic heterocycles. The van der Waals surface area contributed by atoms with Gasteiger partial charge in [-0.25, -0.2) is 9.59 Å². The summed E-state index contributed by atoms with van der Waals surface area (Å²) >= 11 is 0. The first kappa shape index (κ1) is 14.7. The number of carboxylic acids is 1. The molecule has 1 heterocycles. The maximum absolute atomic E-state index is 11.8. The number of hydrogen-bond donors (Lipinski definition) is 2. The van der Waals surface area contributed by atoms with Gasteiger partial charge in [0.15, 0.2) is 6.10 Å². The highest BCUT2D eigenvalue weighted by atomic mass is 16.5. The van der Waals surface area contributed by atoms with Crippen LogP contribution in [0.4, 0.5) is 4.79 Å². The fraction of sp³-hybridized carbons (Fsp3) is 0.818. The van der Waals surface area contributed by atoms with Gasteiger partial charge in [0.2, 0.25) is 0 Å². The topological polar surface area (TPSA) is 88.1 Å². The van der Waals surface area contributed by atoms with Crippen LogP contribution in [0.2, 0.25) is 0 Å². The number of carbonyl (C=O) groups is 2. The molecular formula is C11H20N2O5. The van der Waals surface area contributed by atoms with Crippen molar-refractivity contribution in [3.8, 4) is 0 Å². The van der Waals surface area contributed by atoms with Crippen molar-refractivity contribution in [2.24, 2.45) is 0 Å². The van der Waals surface area contributed by atoms with Crippen LogP contribution in [0, 0.1) is 0 Å². The van der Waals surface area contributed by atoms with E-state index in [4.69, 9.17) is 14.6 Å². The van der Waals surface area contributed by atoms with Gasteiger partial charge in [-0.1, -0.05) is 0 Å². The highest BCUT2D eigenvalue weighted by Crippen LogP contribution is 2.10. The summed E-state index contributed by atoms with van der Waals surface area (Å²) in [6, 6.07) is -0.291. The van der Waals surface area contributed by atoms with E-state index in [1.54, 1.807) is 4.90 Å². The summed E-state index contributed by atoms with van der Waals surface area (Å²) in [4.78, 5) is 24.2. The molecule has 0 radical (unpaired) electrons. The monoisotopic (exact) mass is 260 g/mol. The fourth-order valence-electron chi connectivity index (χ4n) is 1.91. The first-order valence-corrected chi connectivity index (χ1v) is 5.87. The molecule has 1 rings (SSSR count). The molecule has 0 aliphatic carbocycles. The lowest BCUT2D eigenvalue weighted by atomic mass is 10.2. The van der Waals surface area contributed by atoms with Crippen LogP contribution < -0.4 is 5.32 Å². The molecule has 1 fully saturated rings. The predicted octanol–water partition coefficient (Wildman–Crippen LogP) is -0.0952. The van der Waals surface area contributed by atoms with Crippen molar-refractivity contribution in [1.82, 2.24) is 10.2 Å². The molecule has 3 atom stereocenters. The maximum atomic E-state index is 11.8. The van der Waals surface area contributed by atoms with Crippen LogP contribution in [0.5, 0.6) is 0 Å². The van der Waals surface area contributed by atoms with Gasteiger partial charge in [0.05, 0.1) is 18.8 Å². The van der Waals surface area contributed by atoms with Gasteiger partial charge < -0.3 is 24.8 Å². The van der Waals surface area contributed by atoms with Gasteiger partial charge in [-0.3, -0.25) is 0 Å². The zero-order valence-corrected chi connectivity index (χ0v) is 10.9. The molecule has 0 spiro atoms. The van der Waals surface area contributed by atoms with Gasteiger partial charge >= 0.3 is 12.0 Å². The third kappa shape index (κ3) is 4.15. The number of carbonyl (C=O) groups excluding carboxylic acids is 1. The predicted molar refractivity (Wildman–Crippen MR) is 63.4 cm³/mol. The average Bonchev–Trinajstić information content (AvgIpc) is 2.27. The SMILES string of the molecule is COC(CNC(=O)N1CC(C)OC(C)C1)C(=O)O. The Hall–Kier alpha value is -1.34. The molecular weight excluding hydrogens is 240 g/mol. The van der Waals surface area contributed by atoms with Gasteiger partial charge in [-0.2, -0.15) is 0 Å². The molecule has 2 amide bonds. The lowest BCUT2D eigenvalue weighted by molar-refractivity contribution is -0.148. The number of ether oxygens (including phenoxy) is 2. The highest BCUT2D eigenvalue weighted by Gasteiger charge is 2.26.